The van der Waals surface area contributed by atoms with E-state index >= 15 is 0 Å². The molecule has 162 valence electrons. The molecule has 0 unspecified atom stereocenters. The van der Waals surface area contributed by atoms with Crippen molar-refractivity contribution >= 4 is 38.9 Å². The number of aromatic nitrogens is 1. The molecule has 0 aliphatic carbocycles. The maximum Gasteiger partial charge on any atom is 0.503 e. The van der Waals surface area contributed by atoms with Gasteiger partial charge in [0.15, 0.2) is 5.03 Å². The minimum Gasteiger partial charge on any atom is -0.339 e. The number of benzene rings is 1. The van der Waals surface area contributed by atoms with Crippen molar-refractivity contribution in [1.29, 1.82) is 0 Å². The van der Waals surface area contributed by atoms with Crippen LogP contribution in [0.25, 0.3) is 0 Å². The number of rotatable bonds is 6. The SMILES string of the molecule is CCN(CC)C(=O)c1ccc(NC(=O)c2cccnc2S(=O)(=O)C(F)(F)F)cc1Cl. The Labute approximate surface area is 175 Å². The number of halogens is 4. The predicted molar refractivity (Wildman–Crippen MR) is 104 cm³/mol. The molecule has 0 bridgehead atoms. The van der Waals surface area contributed by atoms with Gasteiger partial charge >= 0.3 is 5.51 Å². The summed E-state index contributed by atoms with van der Waals surface area (Å²) in [4.78, 5) is 29.6. The Morgan fingerprint density at radius 2 is 1.77 bits per heavy atom. The molecule has 0 saturated heterocycles. The first-order chi connectivity index (χ1) is 13.9. The maximum atomic E-state index is 12.9. The number of pyridine rings is 1. The summed E-state index contributed by atoms with van der Waals surface area (Å²) in [7, 11) is -5.83. The zero-order chi connectivity index (χ0) is 22.7. The number of nitrogens with zero attached hydrogens (tertiary/aromatic N) is 2. The molecular formula is C18H17ClF3N3O4S. The zero-order valence-corrected chi connectivity index (χ0v) is 17.4. The van der Waals surface area contributed by atoms with Gasteiger partial charge in [-0.25, -0.2) is 13.4 Å². The molecule has 1 aromatic carbocycles. The minimum absolute atomic E-state index is 0.0130. The first-order valence-corrected chi connectivity index (χ1v) is 10.5. The number of amides is 2. The molecule has 0 aliphatic heterocycles. The van der Waals surface area contributed by atoms with E-state index in [2.05, 4.69) is 10.3 Å². The molecule has 0 aliphatic rings. The highest BCUT2D eigenvalue weighted by Gasteiger charge is 2.49. The summed E-state index contributed by atoms with van der Waals surface area (Å²) in [5, 5.41) is 0.871. The van der Waals surface area contributed by atoms with Crippen LogP contribution in [0.1, 0.15) is 34.6 Å². The molecule has 1 heterocycles. The number of nitrogens with one attached hydrogen (secondary N) is 1. The number of hydrogen-bond donors (Lipinski definition) is 1. The van der Waals surface area contributed by atoms with Crippen LogP contribution in [0.4, 0.5) is 18.9 Å². The van der Waals surface area contributed by atoms with Crippen LogP contribution in [-0.4, -0.2) is 48.7 Å². The maximum absolute atomic E-state index is 12.9. The third kappa shape index (κ3) is 4.73. The van der Waals surface area contributed by atoms with Crippen LogP contribution in [0.15, 0.2) is 41.6 Å². The summed E-state index contributed by atoms with van der Waals surface area (Å²) in [6, 6.07) is 5.96. The number of anilines is 1. The van der Waals surface area contributed by atoms with Gasteiger partial charge < -0.3 is 10.2 Å². The summed E-state index contributed by atoms with van der Waals surface area (Å²) >= 11 is 6.12. The third-order valence-electron chi connectivity index (χ3n) is 4.08. The Hall–Kier alpha value is -2.66. The summed E-state index contributed by atoms with van der Waals surface area (Å²) in [5.41, 5.74) is -6.17. The van der Waals surface area contributed by atoms with Crippen LogP contribution in [-0.2, 0) is 9.84 Å². The fraction of sp³-hybridized carbons (Fsp3) is 0.278. The highest BCUT2D eigenvalue weighted by Crippen LogP contribution is 2.31. The van der Waals surface area contributed by atoms with Gasteiger partial charge in [-0.3, -0.25) is 9.59 Å². The van der Waals surface area contributed by atoms with Crippen molar-refractivity contribution in [3.63, 3.8) is 0 Å². The molecule has 0 spiro atoms. The Bertz CT molecular complexity index is 1070. The first-order valence-electron chi connectivity index (χ1n) is 8.60. The molecule has 0 atom stereocenters. The van der Waals surface area contributed by atoms with E-state index in [0.717, 1.165) is 18.3 Å². The molecule has 2 amide bonds. The van der Waals surface area contributed by atoms with Gasteiger partial charge in [-0.15, -0.1) is 0 Å². The van der Waals surface area contributed by atoms with Crippen molar-refractivity contribution in [1.82, 2.24) is 9.88 Å². The smallest absolute Gasteiger partial charge is 0.339 e. The topological polar surface area (TPSA) is 96.4 Å². The summed E-state index contributed by atoms with van der Waals surface area (Å²) in [6.07, 6.45) is 0.833. The van der Waals surface area contributed by atoms with Crippen molar-refractivity contribution in [2.24, 2.45) is 0 Å². The molecule has 0 saturated carbocycles. The van der Waals surface area contributed by atoms with E-state index in [4.69, 9.17) is 11.6 Å². The average Bonchev–Trinajstić information content (AvgIpc) is 2.68. The van der Waals surface area contributed by atoms with Crippen LogP contribution in [0, 0.1) is 0 Å². The van der Waals surface area contributed by atoms with Crippen LogP contribution < -0.4 is 5.32 Å². The molecule has 0 fully saturated rings. The van der Waals surface area contributed by atoms with Crippen LogP contribution in [0.5, 0.6) is 0 Å². The average molecular weight is 464 g/mol. The second-order valence-corrected chi connectivity index (χ2v) is 8.20. The van der Waals surface area contributed by atoms with Crippen LogP contribution in [0.3, 0.4) is 0 Å². The lowest BCUT2D eigenvalue weighted by Crippen LogP contribution is -2.30. The van der Waals surface area contributed by atoms with Gasteiger partial charge in [0.1, 0.15) is 0 Å². The lowest BCUT2D eigenvalue weighted by Gasteiger charge is -2.19. The Kier molecular flexibility index (Phi) is 7.09. The lowest BCUT2D eigenvalue weighted by atomic mass is 10.1. The van der Waals surface area contributed by atoms with Crippen molar-refractivity contribution < 1.29 is 31.2 Å². The van der Waals surface area contributed by atoms with Gasteiger partial charge in [0.2, 0.25) is 0 Å². The van der Waals surface area contributed by atoms with Crippen molar-refractivity contribution in [2.75, 3.05) is 18.4 Å². The summed E-state index contributed by atoms with van der Waals surface area (Å²) in [5.74, 6) is -1.46. The Morgan fingerprint density at radius 1 is 1.13 bits per heavy atom. The van der Waals surface area contributed by atoms with E-state index in [1.54, 1.807) is 13.8 Å². The minimum atomic E-state index is -5.83. The predicted octanol–water partition coefficient (Wildman–Crippen LogP) is 3.76. The quantitative estimate of drug-likeness (QED) is 0.703. The molecule has 1 aromatic heterocycles. The van der Waals surface area contributed by atoms with Gasteiger partial charge in [0.05, 0.1) is 16.1 Å². The van der Waals surface area contributed by atoms with E-state index in [0.29, 0.717) is 13.1 Å². The molecule has 30 heavy (non-hydrogen) atoms. The van der Waals surface area contributed by atoms with Crippen LogP contribution in [0.2, 0.25) is 5.02 Å². The fourth-order valence-corrected chi connectivity index (χ4v) is 3.66. The van der Waals surface area contributed by atoms with E-state index in [1.165, 1.54) is 23.1 Å². The van der Waals surface area contributed by atoms with Crippen molar-refractivity contribution in [3.8, 4) is 0 Å². The number of hydrogen-bond acceptors (Lipinski definition) is 5. The van der Waals surface area contributed by atoms with Gasteiger partial charge in [-0.2, -0.15) is 13.2 Å². The highest BCUT2D eigenvalue weighted by atomic mass is 35.5. The van der Waals surface area contributed by atoms with Gasteiger partial charge in [-0.1, -0.05) is 11.6 Å². The molecule has 7 nitrogen and oxygen atoms in total. The van der Waals surface area contributed by atoms with Gasteiger partial charge in [0, 0.05) is 25.0 Å². The summed E-state index contributed by atoms with van der Waals surface area (Å²) < 4.78 is 62.0. The lowest BCUT2D eigenvalue weighted by molar-refractivity contribution is -0.0438. The molecular weight excluding hydrogens is 447 g/mol. The molecule has 12 heteroatoms. The second kappa shape index (κ2) is 9.00. The van der Waals surface area contributed by atoms with E-state index in [1.807, 2.05) is 0 Å². The molecule has 2 aromatic rings. The number of carbonyl (C=O) groups excluding carboxylic acids is 2. The van der Waals surface area contributed by atoms with E-state index in [-0.39, 0.29) is 22.2 Å². The Balaban J connectivity index is 2.35. The second-order valence-electron chi connectivity index (χ2n) is 5.93. The fourth-order valence-electron chi connectivity index (χ4n) is 2.53. The number of carbonyl (C=O) groups is 2. The molecule has 0 radical (unpaired) electrons. The van der Waals surface area contributed by atoms with E-state index < -0.39 is 31.8 Å². The van der Waals surface area contributed by atoms with E-state index in [9.17, 15) is 31.2 Å². The third-order valence-corrected chi connectivity index (χ3v) is 5.84. The van der Waals surface area contributed by atoms with Crippen LogP contribution >= 0.6 is 11.6 Å². The monoisotopic (exact) mass is 463 g/mol. The normalized spacial score (nSPS) is 11.8. The van der Waals surface area contributed by atoms with Crippen molar-refractivity contribution in [2.45, 2.75) is 24.4 Å². The highest BCUT2D eigenvalue weighted by molar-refractivity contribution is 7.92. The molecule has 1 N–H and O–H groups in total. The first kappa shape index (κ1) is 23.6. The number of sulfone groups is 1. The molecule has 2 rings (SSSR count). The zero-order valence-electron chi connectivity index (χ0n) is 15.8. The summed E-state index contributed by atoms with van der Waals surface area (Å²) in [6.45, 7) is 4.51. The largest absolute Gasteiger partial charge is 0.503 e. The standard InChI is InChI=1S/C18H17ClF3N3O4S/c1-3-25(4-2)17(27)12-8-7-11(10-14(12)19)24-15(26)13-6-5-9-23-16(13)30(28,29)18(20,21)22/h5-10H,3-4H2,1-2H3,(H,24,26). The Morgan fingerprint density at radius 3 is 2.30 bits per heavy atom. The number of alkyl halides is 3. The van der Waals surface area contributed by atoms with Crippen molar-refractivity contribution in [3.05, 3.63) is 52.7 Å². The van der Waals surface area contributed by atoms with Gasteiger partial charge in [0.25, 0.3) is 21.7 Å². The van der Waals surface area contributed by atoms with Gasteiger partial charge in [-0.05, 0) is 44.2 Å².